The molecule has 0 aliphatic rings. The molecule has 1 aromatic rings. The molecule has 3 atom stereocenters. The van der Waals surface area contributed by atoms with E-state index >= 15 is 0 Å². The molecular weight excluding hydrogens is 340 g/mol. The van der Waals surface area contributed by atoms with Crippen LogP contribution < -0.4 is 0 Å². The molecule has 0 heterocycles. The van der Waals surface area contributed by atoms with Crippen molar-refractivity contribution in [2.24, 2.45) is 11.8 Å². The quantitative estimate of drug-likeness (QED) is 0.458. The van der Waals surface area contributed by atoms with Crippen LogP contribution in [0.15, 0.2) is 29.2 Å². The van der Waals surface area contributed by atoms with E-state index in [4.69, 9.17) is 8.92 Å². The Balaban J connectivity index is 2.79. The molecule has 0 saturated carbocycles. The molecule has 0 bridgehead atoms. The van der Waals surface area contributed by atoms with Crippen LogP contribution in [0.4, 0.5) is 0 Å². The van der Waals surface area contributed by atoms with Crippen molar-refractivity contribution in [3.05, 3.63) is 29.8 Å². The highest BCUT2D eigenvalue weighted by molar-refractivity contribution is 7.86. The first-order chi connectivity index (χ1) is 11.7. The summed E-state index contributed by atoms with van der Waals surface area (Å²) in [5.74, 6) is -0.361. The first-order valence-electron chi connectivity index (χ1n) is 8.86. The van der Waals surface area contributed by atoms with Gasteiger partial charge in [0.05, 0.1) is 11.5 Å². The van der Waals surface area contributed by atoms with Crippen molar-refractivity contribution in [3.8, 4) is 0 Å². The lowest BCUT2D eigenvalue weighted by atomic mass is 9.90. The zero-order chi connectivity index (χ0) is 19.0. The second kappa shape index (κ2) is 9.92. The fourth-order valence-corrected chi connectivity index (χ4v) is 3.71. The van der Waals surface area contributed by atoms with Crippen LogP contribution in [0.1, 0.15) is 52.5 Å². The lowest BCUT2D eigenvalue weighted by Crippen LogP contribution is -2.34. The third kappa shape index (κ3) is 6.78. The van der Waals surface area contributed by atoms with E-state index in [1.807, 2.05) is 20.8 Å². The van der Waals surface area contributed by atoms with Crippen molar-refractivity contribution in [1.29, 1.82) is 0 Å². The molecule has 5 nitrogen and oxygen atoms in total. The summed E-state index contributed by atoms with van der Waals surface area (Å²) in [6.07, 6.45) is 1.80. The predicted molar refractivity (Wildman–Crippen MR) is 97.7 cm³/mol. The van der Waals surface area contributed by atoms with Crippen molar-refractivity contribution in [2.45, 2.75) is 64.9 Å². The maximum atomic E-state index is 12.3. The molecule has 6 heteroatoms. The molecule has 1 rings (SSSR count). The van der Waals surface area contributed by atoms with Crippen LogP contribution >= 0.6 is 0 Å². The first kappa shape index (κ1) is 21.6. The highest BCUT2D eigenvalue weighted by Crippen LogP contribution is 2.24. The Labute approximate surface area is 151 Å². The lowest BCUT2D eigenvalue weighted by molar-refractivity contribution is -0.155. The van der Waals surface area contributed by atoms with Crippen molar-refractivity contribution in [1.82, 2.24) is 0 Å². The molecule has 0 aromatic heterocycles. The summed E-state index contributed by atoms with van der Waals surface area (Å²) in [6.45, 7) is 9.55. The van der Waals surface area contributed by atoms with Gasteiger partial charge in [-0.2, -0.15) is 8.42 Å². The van der Waals surface area contributed by atoms with Gasteiger partial charge in [-0.05, 0) is 31.4 Å². The predicted octanol–water partition coefficient (Wildman–Crippen LogP) is 4.09. The summed E-state index contributed by atoms with van der Waals surface area (Å²) >= 11 is 0. The molecule has 0 N–H and O–H groups in total. The second-order valence-corrected chi connectivity index (χ2v) is 8.22. The van der Waals surface area contributed by atoms with Gasteiger partial charge in [0.2, 0.25) is 0 Å². The standard InChI is InChI=1S/C19H30O5S/c1-6-8-15(4)19(24-18(20)7-2)16(5)13-23-25(21,22)17-11-9-14(3)10-12-17/h9-12,15-16,19H,6-8,13H2,1-5H3/t15-,16-,19+/m1/s1. The number of carbonyl (C=O) groups excluding carboxylic acids is 1. The van der Waals surface area contributed by atoms with Gasteiger partial charge in [0, 0.05) is 12.3 Å². The van der Waals surface area contributed by atoms with Crippen LogP contribution in [-0.2, 0) is 23.8 Å². The van der Waals surface area contributed by atoms with Crippen LogP contribution in [0.2, 0.25) is 0 Å². The molecule has 142 valence electrons. The summed E-state index contributed by atoms with van der Waals surface area (Å²) in [6, 6.07) is 6.52. The largest absolute Gasteiger partial charge is 0.462 e. The average molecular weight is 371 g/mol. The molecule has 0 aliphatic heterocycles. The van der Waals surface area contributed by atoms with Crippen LogP contribution in [0.25, 0.3) is 0 Å². The van der Waals surface area contributed by atoms with E-state index in [0.29, 0.717) is 6.42 Å². The number of aryl methyl sites for hydroxylation is 1. The Bertz CT molecular complexity index is 636. The minimum absolute atomic E-state index is 0.0219. The number of ether oxygens (including phenoxy) is 1. The van der Waals surface area contributed by atoms with E-state index in [1.54, 1.807) is 19.1 Å². The van der Waals surface area contributed by atoms with Gasteiger partial charge in [0.15, 0.2) is 0 Å². The number of hydrogen-bond donors (Lipinski definition) is 0. The monoisotopic (exact) mass is 370 g/mol. The molecule has 0 fully saturated rings. The number of rotatable bonds is 10. The van der Waals surface area contributed by atoms with Gasteiger partial charge in [-0.1, -0.05) is 51.8 Å². The zero-order valence-electron chi connectivity index (χ0n) is 15.8. The van der Waals surface area contributed by atoms with Gasteiger partial charge >= 0.3 is 5.97 Å². The van der Waals surface area contributed by atoms with Gasteiger partial charge in [-0.3, -0.25) is 8.98 Å². The van der Waals surface area contributed by atoms with Crippen LogP contribution in [0.5, 0.6) is 0 Å². The SMILES string of the molecule is CCC[C@@H](C)[C@H](OC(=O)CC)[C@H](C)COS(=O)(=O)c1ccc(C)cc1. The van der Waals surface area contributed by atoms with Crippen molar-refractivity contribution >= 4 is 16.1 Å². The highest BCUT2D eigenvalue weighted by Gasteiger charge is 2.28. The van der Waals surface area contributed by atoms with E-state index in [2.05, 4.69) is 6.92 Å². The fraction of sp³-hybridized carbons (Fsp3) is 0.632. The van der Waals surface area contributed by atoms with E-state index in [-0.39, 0.29) is 35.4 Å². The maximum Gasteiger partial charge on any atom is 0.305 e. The molecule has 0 radical (unpaired) electrons. The smallest absolute Gasteiger partial charge is 0.305 e. The molecule has 0 aliphatic carbocycles. The Kier molecular flexibility index (Phi) is 8.59. The van der Waals surface area contributed by atoms with Crippen LogP contribution in [-0.4, -0.2) is 27.1 Å². The number of esters is 1. The van der Waals surface area contributed by atoms with Crippen LogP contribution in [0, 0.1) is 18.8 Å². The van der Waals surface area contributed by atoms with Crippen molar-refractivity contribution < 1.29 is 22.1 Å². The summed E-state index contributed by atoms with van der Waals surface area (Å²) < 4.78 is 35.4. The number of hydrogen-bond acceptors (Lipinski definition) is 5. The summed E-state index contributed by atoms with van der Waals surface area (Å²) in [5, 5.41) is 0. The Hall–Kier alpha value is -1.40. The molecule has 0 saturated heterocycles. The Morgan fingerprint density at radius 2 is 1.68 bits per heavy atom. The molecule has 1 aromatic carbocycles. The normalized spacial score (nSPS) is 15.4. The minimum Gasteiger partial charge on any atom is -0.462 e. The van der Waals surface area contributed by atoms with Gasteiger partial charge in [-0.25, -0.2) is 0 Å². The minimum atomic E-state index is -3.82. The van der Waals surface area contributed by atoms with E-state index in [0.717, 1.165) is 18.4 Å². The highest BCUT2D eigenvalue weighted by atomic mass is 32.2. The summed E-state index contributed by atoms with van der Waals surface area (Å²) in [5.41, 5.74) is 0.979. The number of carbonyl (C=O) groups is 1. The number of benzene rings is 1. The molecule has 0 unspecified atom stereocenters. The average Bonchev–Trinajstić information content (AvgIpc) is 2.58. The fourth-order valence-electron chi connectivity index (χ4n) is 2.71. The maximum absolute atomic E-state index is 12.3. The molecule has 0 spiro atoms. The van der Waals surface area contributed by atoms with Crippen LogP contribution in [0.3, 0.4) is 0 Å². The Morgan fingerprint density at radius 3 is 2.20 bits per heavy atom. The molecular formula is C19H30O5S. The lowest BCUT2D eigenvalue weighted by Gasteiger charge is -2.29. The molecule has 0 amide bonds. The van der Waals surface area contributed by atoms with E-state index in [9.17, 15) is 13.2 Å². The Morgan fingerprint density at radius 1 is 1.08 bits per heavy atom. The molecule has 25 heavy (non-hydrogen) atoms. The third-order valence-corrected chi connectivity index (χ3v) is 5.51. The van der Waals surface area contributed by atoms with Gasteiger partial charge in [0.25, 0.3) is 10.1 Å². The van der Waals surface area contributed by atoms with Crippen molar-refractivity contribution in [3.63, 3.8) is 0 Å². The summed E-state index contributed by atoms with van der Waals surface area (Å²) in [4.78, 5) is 11.8. The second-order valence-electron chi connectivity index (χ2n) is 6.60. The topological polar surface area (TPSA) is 69.7 Å². The van der Waals surface area contributed by atoms with Gasteiger partial charge in [0.1, 0.15) is 6.10 Å². The first-order valence-corrected chi connectivity index (χ1v) is 10.3. The van der Waals surface area contributed by atoms with E-state index < -0.39 is 10.1 Å². The van der Waals surface area contributed by atoms with E-state index in [1.165, 1.54) is 12.1 Å². The van der Waals surface area contributed by atoms with Gasteiger partial charge < -0.3 is 4.74 Å². The van der Waals surface area contributed by atoms with Crippen molar-refractivity contribution in [2.75, 3.05) is 6.61 Å². The summed E-state index contributed by atoms with van der Waals surface area (Å²) in [7, 11) is -3.82. The van der Waals surface area contributed by atoms with Gasteiger partial charge in [-0.15, -0.1) is 0 Å². The third-order valence-electron chi connectivity index (χ3n) is 4.22. The zero-order valence-corrected chi connectivity index (χ0v) is 16.6.